The summed E-state index contributed by atoms with van der Waals surface area (Å²) in [6, 6.07) is 0. The molecule has 0 unspecified atom stereocenters. The Morgan fingerprint density at radius 3 is 1.58 bits per heavy atom. The SMILES string of the molecule is CCC[CH2][Sn]([Cl])([CH2]C)[CH2]CCC. The molecule has 0 aliphatic carbocycles. The van der Waals surface area contributed by atoms with Gasteiger partial charge in [-0.3, -0.25) is 0 Å². The molecule has 0 saturated carbocycles. The third kappa shape index (κ3) is 5.69. The van der Waals surface area contributed by atoms with Gasteiger partial charge in [-0.05, 0) is 0 Å². The first-order chi connectivity index (χ1) is 5.68. The maximum absolute atomic E-state index is 6.69. The van der Waals surface area contributed by atoms with Crippen LogP contribution in [0.25, 0.3) is 0 Å². The fourth-order valence-electron chi connectivity index (χ4n) is 1.47. The van der Waals surface area contributed by atoms with Gasteiger partial charge in [0.15, 0.2) is 0 Å². The molecule has 0 N–H and O–H groups in total. The molecule has 0 heterocycles. The van der Waals surface area contributed by atoms with Crippen molar-refractivity contribution in [3.8, 4) is 0 Å². The Morgan fingerprint density at radius 1 is 0.917 bits per heavy atom. The van der Waals surface area contributed by atoms with Crippen molar-refractivity contribution in [1.29, 1.82) is 0 Å². The normalized spacial score (nSPS) is 12.0. The van der Waals surface area contributed by atoms with Crippen LogP contribution < -0.4 is 0 Å². The molecule has 0 fully saturated rings. The molecule has 0 aromatic rings. The van der Waals surface area contributed by atoms with E-state index in [0.717, 1.165) is 0 Å². The molecule has 0 aromatic heterocycles. The van der Waals surface area contributed by atoms with Crippen LogP contribution in [0.5, 0.6) is 0 Å². The molecule has 0 aliphatic heterocycles. The third-order valence-corrected chi connectivity index (χ3v) is 17.7. The van der Waals surface area contributed by atoms with Gasteiger partial charge in [0.25, 0.3) is 0 Å². The summed E-state index contributed by atoms with van der Waals surface area (Å²) >= 11 is -2.02. The van der Waals surface area contributed by atoms with Crippen molar-refractivity contribution in [3.63, 3.8) is 0 Å². The van der Waals surface area contributed by atoms with E-state index in [1.165, 1.54) is 39.0 Å². The van der Waals surface area contributed by atoms with Gasteiger partial charge in [0.05, 0.1) is 0 Å². The number of hydrogen-bond acceptors (Lipinski definition) is 0. The van der Waals surface area contributed by atoms with Gasteiger partial charge in [0.1, 0.15) is 0 Å². The van der Waals surface area contributed by atoms with Crippen LogP contribution in [0.2, 0.25) is 13.3 Å². The molecule has 0 radical (unpaired) electrons. The molecule has 0 spiro atoms. The van der Waals surface area contributed by atoms with Crippen LogP contribution >= 0.6 is 8.92 Å². The summed E-state index contributed by atoms with van der Waals surface area (Å²) in [6.07, 6.45) is 5.38. The Morgan fingerprint density at radius 2 is 1.33 bits per heavy atom. The van der Waals surface area contributed by atoms with E-state index in [-0.39, 0.29) is 0 Å². The topological polar surface area (TPSA) is 0 Å². The van der Waals surface area contributed by atoms with Crippen LogP contribution in [0, 0.1) is 0 Å². The minimum atomic E-state index is -2.02. The van der Waals surface area contributed by atoms with E-state index in [1.807, 2.05) is 0 Å². The Kier molecular flexibility index (Phi) is 8.17. The van der Waals surface area contributed by atoms with Gasteiger partial charge in [0.2, 0.25) is 0 Å². The second-order valence-corrected chi connectivity index (χ2v) is 20.5. The molecule has 0 aromatic carbocycles. The van der Waals surface area contributed by atoms with Crippen LogP contribution in [0.3, 0.4) is 0 Å². The molecule has 12 heavy (non-hydrogen) atoms. The summed E-state index contributed by atoms with van der Waals surface area (Å²) in [5.41, 5.74) is 0. The first kappa shape index (κ1) is 13.1. The van der Waals surface area contributed by atoms with Gasteiger partial charge in [-0.15, -0.1) is 0 Å². The van der Waals surface area contributed by atoms with Gasteiger partial charge in [-0.2, -0.15) is 0 Å². The second-order valence-electron chi connectivity index (χ2n) is 3.71. The fourth-order valence-corrected chi connectivity index (χ4v) is 11.6. The van der Waals surface area contributed by atoms with E-state index in [0.29, 0.717) is 0 Å². The Bertz CT molecular complexity index is 96.0. The van der Waals surface area contributed by atoms with Crippen molar-refractivity contribution in [2.75, 3.05) is 0 Å². The zero-order chi connectivity index (χ0) is 9.45. The molecule has 0 amide bonds. The van der Waals surface area contributed by atoms with Crippen LogP contribution in [0.1, 0.15) is 46.5 Å². The van der Waals surface area contributed by atoms with Crippen LogP contribution in [0.15, 0.2) is 0 Å². The zero-order valence-corrected chi connectivity index (χ0v) is 12.4. The molecule has 0 bridgehead atoms. The first-order valence-electron chi connectivity index (χ1n) is 5.37. The summed E-state index contributed by atoms with van der Waals surface area (Å²) in [5.74, 6) is 0. The van der Waals surface area contributed by atoms with Crippen molar-refractivity contribution in [2.45, 2.75) is 59.8 Å². The minimum absolute atomic E-state index is 1.32. The number of unbranched alkanes of at least 4 members (excludes halogenated alkanes) is 2. The van der Waals surface area contributed by atoms with Crippen molar-refractivity contribution in [3.05, 3.63) is 0 Å². The molecule has 0 nitrogen and oxygen atoms in total. The van der Waals surface area contributed by atoms with E-state index in [1.54, 1.807) is 0 Å². The van der Waals surface area contributed by atoms with E-state index >= 15 is 0 Å². The average molecular weight is 297 g/mol. The Balaban J connectivity index is 3.70. The third-order valence-electron chi connectivity index (χ3n) is 2.59. The van der Waals surface area contributed by atoms with Gasteiger partial charge < -0.3 is 0 Å². The molecule has 0 saturated heterocycles. The number of halogens is 1. The molecule has 74 valence electrons. The van der Waals surface area contributed by atoms with E-state index in [2.05, 4.69) is 20.8 Å². The van der Waals surface area contributed by atoms with E-state index in [9.17, 15) is 0 Å². The average Bonchev–Trinajstić information content (AvgIpc) is 2.11. The van der Waals surface area contributed by atoms with Gasteiger partial charge in [-0.1, -0.05) is 0 Å². The Hall–Kier alpha value is 1.09. The summed E-state index contributed by atoms with van der Waals surface area (Å²) < 4.78 is 4.14. The van der Waals surface area contributed by atoms with Gasteiger partial charge >= 0.3 is 85.9 Å². The molecule has 0 atom stereocenters. The number of rotatable bonds is 7. The van der Waals surface area contributed by atoms with Crippen LogP contribution in [0.4, 0.5) is 0 Å². The second kappa shape index (κ2) is 7.49. The molecular formula is C10H23ClSn. The monoisotopic (exact) mass is 298 g/mol. The fraction of sp³-hybridized carbons (Fsp3) is 1.00. The van der Waals surface area contributed by atoms with Crippen molar-refractivity contribution >= 4 is 26.2 Å². The predicted molar refractivity (Wildman–Crippen MR) is 61.5 cm³/mol. The summed E-state index contributed by atoms with van der Waals surface area (Å²) in [7, 11) is 6.69. The molecular weight excluding hydrogens is 274 g/mol. The molecule has 0 rings (SSSR count). The summed E-state index contributed by atoms with van der Waals surface area (Å²) in [4.78, 5) is 0. The predicted octanol–water partition coefficient (Wildman–Crippen LogP) is 4.79. The van der Waals surface area contributed by atoms with Gasteiger partial charge in [0, 0.05) is 0 Å². The molecule has 0 aliphatic rings. The first-order valence-corrected chi connectivity index (χ1v) is 15.0. The van der Waals surface area contributed by atoms with E-state index in [4.69, 9.17) is 8.92 Å². The van der Waals surface area contributed by atoms with Gasteiger partial charge in [-0.25, -0.2) is 0 Å². The standard InChI is InChI=1S/2C4H9.C2H5.ClH.Sn/c2*1-3-4-2;1-2;;/h2*1,3-4H2,2H3;1H2,2H3;1H;/q;;;;+1/p-1. The van der Waals surface area contributed by atoms with E-state index < -0.39 is 17.3 Å². The van der Waals surface area contributed by atoms with Crippen LogP contribution in [-0.2, 0) is 0 Å². The molecule has 2 heteroatoms. The van der Waals surface area contributed by atoms with Crippen molar-refractivity contribution in [1.82, 2.24) is 0 Å². The number of hydrogen-bond donors (Lipinski definition) is 0. The van der Waals surface area contributed by atoms with Crippen LogP contribution in [-0.4, -0.2) is 17.3 Å². The van der Waals surface area contributed by atoms with Crippen molar-refractivity contribution in [2.24, 2.45) is 0 Å². The van der Waals surface area contributed by atoms with Crippen molar-refractivity contribution < 1.29 is 0 Å². The zero-order valence-electron chi connectivity index (χ0n) is 8.83. The maximum atomic E-state index is 6.69. The summed E-state index contributed by atoms with van der Waals surface area (Å²) in [6.45, 7) is 6.83. The summed E-state index contributed by atoms with van der Waals surface area (Å²) in [5, 5.41) is 0. The Labute approximate surface area is 85.7 Å². The quantitative estimate of drug-likeness (QED) is 0.593.